The maximum Gasteiger partial charge on any atom is 0.191 e. The van der Waals surface area contributed by atoms with Crippen molar-refractivity contribution in [2.45, 2.75) is 45.7 Å². The average molecular weight is 504 g/mol. The lowest BCUT2D eigenvalue weighted by atomic mass is 10.2. The molecule has 0 aliphatic carbocycles. The summed E-state index contributed by atoms with van der Waals surface area (Å²) < 4.78 is 10.6. The third kappa shape index (κ3) is 8.96. The van der Waals surface area contributed by atoms with Gasteiger partial charge in [-0.15, -0.1) is 24.0 Å². The van der Waals surface area contributed by atoms with E-state index in [-0.39, 0.29) is 24.0 Å². The van der Waals surface area contributed by atoms with E-state index in [0.29, 0.717) is 12.6 Å². The second-order valence-corrected chi connectivity index (χ2v) is 6.80. The number of guanidine groups is 1. The van der Waals surface area contributed by atoms with Crippen molar-refractivity contribution in [1.82, 2.24) is 15.5 Å². The summed E-state index contributed by atoms with van der Waals surface area (Å²) in [5.74, 6) is 1.75. The summed E-state index contributed by atoms with van der Waals surface area (Å²) in [6.45, 7) is 10.6. The zero-order chi connectivity index (χ0) is 19.3. The molecule has 1 aliphatic heterocycles. The van der Waals surface area contributed by atoms with Gasteiger partial charge in [-0.05, 0) is 57.0 Å². The van der Waals surface area contributed by atoms with Crippen LogP contribution in [-0.4, -0.2) is 63.4 Å². The standard InChI is InChI=1S/C21H36N4O2.HI/c1-4-25-14-6-8-19(25)17-24-21(22-13-7-15-27-5-2)23-16-18-9-11-20(26-3)12-10-18;/h9-12,19H,4-8,13-17H2,1-3H3,(H2,22,23,24);1H. The van der Waals surface area contributed by atoms with E-state index in [1.165, 1.54) is 24.9 Å². The monoisotopic (exact) mass is 504 g/mol. The van der Waals surface area contributed by atoms with Gasteiger partial charge in [-0.3, -0.25) is 4.90 Å². The Balaban J connectivity index is 0.00000392. The van der Waals surface area contributed by atoms with Gasteiger partial charge in [0, 0.05) is 32.3 Å². The van der Waals surface area contributed by atoms with Crippen LogP contribution in [0.1, 0.15) is 38.7 Å². The molecular weight excluding hydrogens is 467 g/mol. The molecule has 6 nitrogen and oxygen atoms in total. The highest BCUT2D eigenvalue weighted by Gasteiger charge is 2.22. The smallest absolute Gasteiger partial charge is 0.191 e. The van der Waals surface area contributed by atoms with Crippen molar-refractivity contribution < 1.29 is 9.47 Å². The van der Waals surface area contributed by atoms with Gasteiger partial charge < -0.3 is 20.1 Å². The first-order chi connectivity index (χ1) is 13.3. The second-order valence-electron chi connectivity index (χ2n) is 6.80. The predicted molar refractivity (Wildman–Crippen MR) is 127 cm³/mol. The van der Waals surface area contributed by atoms with Crippen LogP contribution >= 0.6 is 24.0 Å². The van der Waals surface area contributed by atoms with Crippen LogP contribution in [0.2, 0.25) is 0 Å². The lowest BCUT2D eigenvalue weighted by Crippen LogP contribution is -2.45. The van der Waals surface area contributed by atoms with E-state index in [9.17, 15) is 0 Å². The van der Waals surface area contributed by atoms with Crippen LogP contribution in [0.3, 0.4) is 0 Å². The molecule has 0 spiro atoms. The molecule has 1 aliphatic rings. The molecule has 28 heavy (non-hydrogen) atoms. The molecule has 0 saturated carbocycles. The number of hydrogen-bond donors (Lipinski definition) is 2. The molecule has 1 aromatic carbocycles. The van der Waals surface area contributed by atoms with Crippen LogP contribution in [0, 0.1) is 0 Å². The highest BCUT2D eigenvalue weighted by Crippen LogP contribution is 2.15. The van der Waals surface area contributed by atoms with Gasteiger partial charge in [-0.2, -0.15) is 0 Å². The molecule has 160 valence electrons. The van der Waals surface area contributed by atoms with Crippen molar-refractivity contribution in [1.29, 1.82) is 0 Å². The molecule has 1 fully saturated rings. The third-order valence-corrected chi connectivity index (χ3v) is 4.95. The van der Waals surface area contributed by atoms with Gasteiger partial charge in [0.15, 0.2) is 5.96 Å². The molecule has 0 aromatic heterocycles. The summed E-state index contributed by atoms with van der Waals surface area (Å²) >= 11 is 0. The van der Waals surface area contributed by atoms with Gasteiger partial charge in [0.05, 0.1) is 13.7 Å². The van der Waals surface area contributed by atoms with Crippen LogP contribution in [0.15, 0.2) is 29.3 Å². The number of halogens is 1. The largest absolute Gasteiger partial charge is 0.497 e. The molecule has 7 heteroatoms. The lowest BCUT2D eigenvalue weighted by molar-refractivity contribution is 0.145. The summed E-state index contributed by atoms with van der Waals surface area (Å²) in [6.07, 6.45) is 3.53. The molecule has 2 rings (SSSR count). The van der Waals surface area contributed by atoms with E-state index in [0.717, 1.165) is 51.0 Å². The Morgan fingerprint density at radius 2 is 2.00 bits per heavy atom. The molecule has 0 amide bonds. The van der Waals surface area contributed by atoms with Crippen LogP contribution < -0.4 is 15.4 Å². The number of methoxy groups -OCH3 is 1. The van der Waals surface area contributed by atoms with Crippen LogP contribution in [-0.2, 0) is 11.3 Å². The Morgan fingerprint density at radius 1 is 1.21 bits per heavy atom. The number of aliphatic imine (C=N–C) groups is 1. The second kappa shape index (κ2) is 14.9. The van der Waals surface area contributed by atoms with Crippen molar-refractivity contribution >= 4 is 29.9 Å². The summed E-state index contributed by atoms with van der Waals surface area (Å²) in [5, 5.41) is 6.99. The summed E-state index contributed by atoms with van der Waals surface area (Å²) in [6, 6.07) is 8.68. The van der Waals surface area contributed by atoms with Gasteiger partial charge in [-0.25, -0.2) is 4.99 Å². The highest BCUT2D eigenvalue weighted by molar-refractivity contribution is 14.0. The number of rotatable bonds is 11. The third-order valence-electron chi connectivity index (χ3n) is 4.95. The average Bonchev–Trinajstić information content (AvgIpc) is 3.17. The fourth-order valence-electron chi connectivity index (χ4n) is 3.36. The molecule has 1 heterocycles. The summed E-state index contributed by atoms with van der Waals surface area (Å²) in [7, 11) is 1.68. The minimum Gasteiger partial charge on any atom is -0.497 e. The van der Waals surface area contributed by atoms with E-state index < -0.39 is 0 Å². The Kier molecular flexibility index (Phi) is 13.3. The quantitative estimate of drug-likeness (QED) is 0.210. The van der Waals surface area contributed by atoms with Gasteiger partial charge >= 0.3 is 0 Å². The van der Waals surface area contributed by atoms with Gasteiger partial charge in [0.2, 0.25) is 0 Å². The van der Waals surface area contributed by atoms with Crippen LogP contribution in [0.5, 0.6) is 5.75 Å². The maximum atomic E-state index is 5.42. The van der Waals surface area contributed by atoms with Gasteiger partial charge in [0.25, 0.3) is 0 Å². The number of nitrogens with zero attached hydrogens (tertiary/aromatic N) is 2. The molecular formula is C21H37IN4O2. The number of hydrogen-bond acceptors (Lipinski definition) is 4. The van der Waals surface area contributed by atoms with E-state index in [4.69, 9.17) is 14.5 Å². The lowest BCUT2D eigenvalue weighted by Gasteiger charge is -2.24. The Bertz CT molecular complexity index is 554. The first kappa shape index (κ1) is 25.0. The number of nitrogens with one attached hydrogen (secondary N) is 2. The van der Waals surface area contributed by atoms with Crippen LogP contribution in [0.4, 0.5) is 0 Å². The fourth-order valence-corrected chi connectivity index (χ4v) is 3.36. The Hall–Kier alpha value is -1.06. The Morgan fingerprint density at radius 3 is 2.68 bits per heavy atom. The van der Waals surface area contributed by atoms with Crippen molar-refractivity contribution in [3.63, 3.8) is 0 Å². The van der Waals surface area contributed by atoms with Crippen molar-refractivity contribution in [3.8, 4) is 5.75 Å². The van der Waals surface area contributed by atoms with Crippen molar-refractivity contribution in [2.75, 3.05) is 46.5 Å². The van der Waals surface area contributed by atoms with E-state index in [1.54, 1.807) is 7.11 Å². The SMILES string of the molecule is CCOCCCNC(=NCc1ccc(OC)cc1)NCC1CCCN1CC.I. The highest BCUT2D eigenvalue weighted by atomic mass is 127. The number of likely N-dealkylation sites (N-methyl/N-ethyl adjacent to an activating group) is 1. The molecule has 1 atom stereocenters. The predicted octanol–water partition coefficient (Wildman–Crippen LogP) is 3.26. The first-order valence-corrected chi connectivity index (χ1v) is 10.2. The molecule has 0 radical (unpaired) electrons. The molecule has 2 N–H and O–H groups in total. The molecule has 1 saturated heterocycles. The molecule has 1 aromatic rings. The summed E-state index contributed by atoms with van der Waals surface area (Å²) in [4.78, 5) is 7.32. The minimum atomic E-state index is 0. The number of benzene rings is 1. The van der Waals surface area contributed by atoms with Crippen molar-refractivity contribution in [3.05, 3.63) is 29.8 Å². The summed E-state index contributed by atoms with van der Waals surface area (Å²) in [5.41, 5.74) is 1.17. The molecule has 0 bridgehead atoms. The van der Waals surface area contributed by atoms with Gasteiger partial charge in [-0.1, -0.05) is 19.1 Å². The normalized spacial score (nSPS) is 17.2. The number of ether oxygens (including phenoxy) is 2. The first-order valence-electron chi connectivity index (χ1n) is 10.2. The molecule has 1 unspecified atom stereocenters. The zero-order valence-corrected chi connectivity index (χ0v) is 19.9. The zero-order valence-electron chi connectivity index (χ0n) is 17.6. The maximum absolute atomic E-state index is 5.42. The van der Waals surface area contributed by atoms with Crippen molar-refractivity contribution in [2.24, 2.45) is 4.99 Å². The topological polar surface area (TPSA) is 58.1 Å². The van der Waals surface area contributed by atoms with Crippen LogP contribution in [0.25, 0.3) is 0 Å². The van der Waals surface area contributed by atoms with E-state index in [2.05, 4.69) is 34.6 Å². The van der Waals surface area contributed by atoms with E-state index >= 15 is 0 Å². The fraction of sp³-hybridized carbons (Fsp3) is 0.667. The number of likely N-dealkylation sites (tertiary alicyclic amines) is 1. The minimum absolute atomic E-state index is 0. The van der Waals surface area contributed by atoms with E-state index in [1.807, 2.05) is 19.1 Å². The van der Waals surface area contributed by atoms with Gasteiger partial charge in [0.1, 0.15) is 5.75 Å². The Labute approximate surface area is 187 Å².